The molecule has 1 aliphatic carbocycles. The zero-order valence-corrected chi connectivity index (χ0v) is 25.0. The zero-order chi connectivity index (χ0) is 29.9. The molecule has 0 fully saturated rings. The number of sulfonamides is 1. The number of furan rings is 1. The van der Waals surface area contributed by atoms with E-state index >= 15 is 0 Å². The Morgan fingerprint density at radius 3 is 2.46 bits per heavy atom. The summed E-state index contributed by atoms with van der Waals surface area (Å²) >= 11 is 6.16. The van der Waals surface area contributed by atoms with Crippen LogP contribution >= 0.6 is 11.6 Å². The van der Waals surface area contributed by atoms with Gasteiger partial charge in [0.2, 0.25) is 10.0 Å². The normalized spacial score (nSPS) is 14.1. The lowest BCUT2D eigenvalue weighted by atomic mass is 9.71. The van der Waals surface area contributed by atoms with Crippen LogP contribution in [0, 0.1) is 11.8 Å². The largest absolute Gasteiger partial charge is 0.459 e. The molecule has 1 amide bonds. The van der Waals surface area contributed by atoms with Crippen molar-refractivity contribution < 1.29 is 22.4 Å². The second-order valence-corrected chi connectivity index (χ2v) is 13.8. The Bertz CT molecular complexity index is 1940. The molecule has 0 atom stereocenters. The van der Waals surface area contributed by atoms with Crippen LogP contribution in [0.25, 0.3) is 11.0 Å². The van der Waals surface area contributed by atoms with E-state index in [0.29, 0.717) is 55.9 Å². The van der Waals surface area contributed by atoms with Gasteiger partial charge in [0.25, 0.3) is 5.91 Å². The third kappa shape index (κ3) is 5.71. The Labute approximate surface area is 243 Å². The molecule has 0 saturated heterocycles. The van der Waals surface area contributed by atoms with Gasteiger partial charge in [0.1, 0.15) is 22.2 Å². The second kappa shape index (κ2) is 9.75. The molecule has 2 aromatic heterocycles. The van der Waals surface area contributed by atoms with Gasteiger partial charge in [-0.1, -0.05) is 17.5 Å². The number of carbonyl (C=O) groups excluding carboxylic acids is 2. The van der Waals surface area contributed by atoms with E-state index in [9.17, 15) is 18.0 Å². The number of hydrogen-bond donors (Lipinski definition) is 2. The first-order valence-corrected chi connectivity index (χ1v) is 15.0. The van der Waals surface area contributed by atoms with E-state index in [4.69, 9.17) is 16.0 Å². The maximum Gasteiger partial charge on any atom is 0.251 e. The summed E-state index contributed by atoms with van der Waals surface area (Å²) in [5.41, 5.74) is 2.69. The smallest absolute Gasteiger partial charge is 0.251 e. The highest BCUT2D eigenvalue weighted by atomic mass is 35.5. The summed E-state index contributed by atoms with van der Waals surface area (Å²) < 4.78 is 32.3. The van der Waals surface area contributed by atoms with Crippen LogP contribution < -0.4 is 10.0 Å². The molecule has 210 valence electrons. The van der Waals surface area contributed by atoms with Crippen molar-refractivity contribution in [1.29, 1.82) is 0 Å². The van der Waals surface area contributed by atoms with Gasteiger partial charge >= 0.3 is 0 Å². The van der Waals surface area contributed by atoms with Crippen LogP contribution in [-0.4, -0.2) is 36.9 Å². The average molecular weight is 590 g/mol. The van der Waals surface area contributed by atoms with Crippen LogP contribution in [0.3, 0.4) is 0 Å². The van der Waals surface area contributed by atoms with Crippen LogP contribution in [0.1, 0.15) is 83.5 Å². The van der Waals surface area contributed by atoms with Crippen LogP contribution in [0.4, 0.5) is 5.69 Å². The number of halogens is 1. The zero-order valence-electron chi connectivity index (χ0n) is 23.4. The standard InChI is InChI=1S/C31H28ClN3O5S/c1-30(2,3)34-29(37)18-14-19(33-25(32)15-18)9-7-17-8-11-22-24(13-17)40-28-26(22)27(36)21-12-10-20(35-41(6,38)39)16-23(21)31(28,4)5/h8,10-16,35H,1-6H3,(H,34,37). The number of rotatable bonds is 3. The fourth-order valence-electron chi connectivity index (χ4n) is 4.87. The molecule has 0 aliphatic heterocycles. The van der Waals surface area contributed by atoms with Crippen molar-refractivity contribution in [3.63, 3.8) is 0 Å². The molecule has 0 saturated carbocycles. The van der Waals surface area contributed by atoms with E-state index < -0.39 is 21.0 Å². The Balaban J connectivity index is 1.51. The van der Waals surface area contributed by atoms with Crippen molar-refractivity contribution in [3.8, 4) is 11.8 Å². The van der Waals surface area contributed by atoms with Gasteiger partial charge in [-0.2, -0.15) is 0 Å². The van der Waals surface area contributed by atoms with E-state index in [0.717, 1.165) is 6.26 Å². The van der Waals surface area contributed by atoms with Crippen molar-refractivity contribution in [3.05, 3.63) is 93.0 Å². The fraction of sp³-hybridized carbons (Fsp3) is 0.258. The van der Waals surface area contributed by atoms with Gasteiger partial charge in [0, 0.05) is 38.7 Å². The minimum Gasteiger partial charge on any atom is -0.459 e. The summed E-state index contributed by atoms with van der Waals surface area (Å²) in [6.45, 7) is 9.53. The van der Waals surface area contributed by atoms with E-state index in [1.807, 2.05) is 34.6 Å². The minimum absolute atomic E-state index is 0.153. The number of amides is 1. The number of carbonyl (C=O) groups is 2. The molecular weight excluding hydrogens is 562 g/mol. The van der Waals surface area contributed by atoms with Gasteiger partial charge in [-0.15, -0.1) is 0 Å². The van der Waals surface area contributed by atoms with Gasteiger partial charge in [0.05, 0.1) is 11.8 Å². The van der Waals surface area contributed by atoms with E-state index in [-0.39, 0.29) is 16.8 Å². The molecule has 2 N–H and O–H groups in total. The fourth-order valence-corrected chi connectivity index (χ4v) is 5.64. The number of nitrogens with one attached hydrogen (secondary N) is 2. The molecule has 41 heavy (non-hydrogen) atoms. The lowest BCUT2D eigenvalue weighted by Gasteiger charge is -2.31. The van der Waals surface area contributed by atoms with Gasteiger partial charge < -0.3 is 9.73 Å². The van der Waals surface area contributed by atoms with Crippen LogP contribution in [0.5, 0.6) is 0 Å². The Morgan fingerprint density at radius 1 is 1.05 bits per heavy atom. The Hall–Kier alpha value is -4.13. The second-order valence-electron chi connectivity index (χ2n) is 11.6. The minimum atomic E-state index is -3.49. The number of fused-ring (bicyclic) bond motifs is 4. The first-order valence-electron chi connectivity index (χ1n) is 12.8. The average Bonchev–Trinajstić information content (AvgIpc) is 3.24. The first-order chi connectivity index (χ1) is 19.0. The SMILES string of the molecule is CC(C)(C)NC(=O)c1cc(Cl)nc(C#Cc2ccc3c4c(oc3c2)C(C)(C)c2cc(NS(C)(=O)=O)ccc2C4=O)c1. The summed E-state index contributed by atoms with van der Waals surface area (Å²) in [5, 5.41) is 3.71. The number of nitrogens with zero attached hydrogens (tertiary/aromatic N) is 1. The molecular formula is C31H28ClN3O5S. The van der Waals surface area contributed by atoms with Gasteiger partial charge in [-0.05, 0) is 94.6 Å². The Kier molecular flexibility index (Phi) is 6.76. The number of pyridine rings is 1. The molecule has 4 aromatic rings. The first kappa shape index (κ1) is 28.4. The van der Waals surface area contributed by atoms with Crippen LogP contribution in [-0.2, 0) is 15.4 Å². The maximum absolute atomic E-state index is 13.6. The molecule has 1 aliphatic rings. The molecule has 0 bridgehead atoms. The highest BCUT2D eigenvalue weighted by Gasteiger charge is 2.41. The summed E-state index contributed by atoms with van der Waals surface area (Å²) in [5.74, 6) is 6.03. The molecule has 5 rings (SSSR count). The molecule has 0 spiro atoms. The number of ketones is 1. The summed E-state index contributed by atoms with van der Waals surface area (Å²) in [4.78, 5) is 30.4. The summed E-state index contributed by atoms with van der Waals surface area (Å²) in [6.07, 6.45) is 1.08. The summed E-state index contributed by atoms with van der Waals surface area (Å²) in [7, 11) is -3.49. The van der Waals surface area contributed by atoms with E-state index in [1.165, 1.54) is 6.07 Å². The predicted octanol–water partition coefficient (Wildman–Crippen LogP) is 5.65. The summed E-state index contributed by atoms with van der Waals surface area (Å²) in [6, 6.07) is 13.3. The van der Waals surface area contributed by atoms with Crippen molar-refractivity contribution in [2.45, 2.75) is 45.6 Å². The number of hydrogen-bond acceptors (Lipinski definition) is 6. The van der Waals surface area contributed by atoms with Crippen molar-refractivity contribution in [1.82, 2.24) is 10.3 Å². The van der Waals surface area contributed by atoms with Gasteiger partial charge in [-0.25, -0.2) is 13.4 Å². The predicted molar refractivity (Wildman–Crippen MR) is 159 cm³/mol. The molecule has 10 heteroatoms. The van der Waals surface area contributed by atoms with E-state index in [1.54, 1.807) is 42.5 Å². The van der Waals surface area contributed by atoms with Crippen LogP contribution in [0.2, 0.25) is 5.15 Å². The third-order valence-electron chi connectivity index (χ3n) is 6.61. The highest BCUT2D eigenvalue weighted by molar-refractivity contribution is 7.92. The lowest BCUT2D eigenvalue weighted by molar-refractivity contribution is 0.0918. The number of aromatic nitrogens is 1. The third-order valence-corrected chi connectivity index (χ3v) is 7.41. The quantitative estimate of drug-likeness (QED) is 0.235. The van der Waals surface area contributed by atoms with Gasteiger partial charge in [0.15, 0.2) is 5.78 Å². The Morgan fingerprint density at radius 2 is 1.78 bits per heavy atom. The van der Waals surface area contributed by atoms with Crippen LogP contribution in [0.15, 0.2) is 52.9 Å². The van der Waals surface area contributed by atoms with E-state index in [2.05, 4.69) is 26.9 Å². The molecule has 0 unspecified atom stereocenters. The highest BCUT2D eigenvalue weighted by Crippen LogP contribution is 2.46. The van der Waals surface area contributed by atoms with Crippen molar-refractivity contribution in [2.75, 3.05) is 11.0 Å². The molecule has 2 aromatic carbocycles. The number of benzene rings is 2. The molecule has 0 radical (unpaired) electrons. The molecule has 8 nitrogen and oxygen atoms in total. The monoisotopic (exact) mass is 589 g/mol. The van der Waals surface area contributed by atoms with Gasteiger partial charge in [-0.3, -0.25) is 14.3 Å². The number of anilines is 1. The van der Waals surface area contributed by atoms with Crippen molar-refractivity contribution >= 4 is 50.0 Å². The topological polar surface area (TPSA) is 118 Å². The van der Waals surface area contributed by atoms with Crippen molar-refractivity contribution in [2.24, 2.45) is 0 Å². The molecule has 2 heterocycles. The lowest BCUT2D eigenvalue weighted by Crippen LogP contribution is -2.40. The maximum atomic E-state index is 13.6.